The van der Waals surface area contributed by atoms with Gasteiger partial charge in [0.25, 0.3) is 0 Å². The van der Waals surface area contributed by atoms with E-state index in [1.165, 1.54) is 6.08 Å². The van der Waals surface area contributed by atoms with Crippen LogP contribution in [0.5, 0.6) is 11.5 Å². The second-order valence-electron chi connectivity index (χ2n) is 5.23. The molecule has 0 saturated carbocycles. The first-order chi connectivity index (χ1) is 11.0. The van der Waals surface area contributed by atoms with Gasteiger partial charge in [0.1, 0.15) is 0 Å². The predicted octanol–water partition coefficient (Wildman–Crippen LogP) is 4.13. The number of rotatable bonds is 6. The number of hydrogen-bond donors (Lipinski definition) is 1. The molecule has 0 radical (unpaired) electrons. The molecule has 2 aromatic rings. The largest absolute Gasteiger partial charge is 0.493 e. The first-order valence-electron chi connectivity index (χ1n) is 7.32. The van der Waals surface area contributed by atoms with E-state index >= 15 is 0 Å². The molecule has 0 amide bonds. The summed E-state index contributed by atoms with van der Waals surface area (Å²) in [6.07, 6.45) is 3.16. The molecular formula is C19H21NO3. The van der Waals surface area contributed by atoms with Gasteiger partial charge in [-0.2, -0.15) is 0 Å². The van der Waals surface area contributed by atoms with Gasteiger partial charge in [0.2, 0.25) is 0 Å². The average Bonchev–Trinajstić information content (AvgIpc) is 2.56. The Labute approximate surface area is 136 Å². The fraction of sp³-hybridized carbons (Fsp3) is 0.211. The smallest absolute Gasteiger partial charge is 0.187 e. The zero-order chi connectivity index (χ0) is 16.8. The highest BCUT2D eigenvalue weighted by Crippen LogP contribution is 2.29. The van der Waals surface area contributed by atoms with Crippen molar-refractivity contribution in [3.63, 3.8) is 0 Å². The number of benzene rings is 2. The lowest BCUT2D eigenvalue weighted by Gasteiger charge is -2.09. The molecule has 23 heavy (non-hydrogen) atoms. The molecule has 4 heteroatoms. The molecule has 0 fully saturated rings. The summed E-state index contributed by atoms with van der Waals surface area (Å²) in [4.78, 5) is 12.3. The summed E-state index contributed by atoms with van der Waals surface area (Å²) < 4.78 is 10.4. The number of ketones is 1. The van der Waals surface area contributed by atoms with Gasteiger partial charge in [-0.1, -0.05) is 17.7 Å². The Morgan fingerprint density at radius 2 is 1.74 bits per heavy atom. The third-order valence-electron chi connectivity index (χ3n) is 3.53. The van der Waals surface area contributed by atoms with E-state index in [1.807, 2.05) is 50.2 Å². The van der Waals surface area contributed by atoms with Crippen LogP contribution in [0.1, 0.15) is 21.5 Å². The molecule has 0 aliphatic rings. The molecule has 0 aliphatic heterocycles. The van der Waals surface area contributed by atoms with Crippen LogP contribution in [-0.4, -0.2) is 20.0 Å². The van der Waals surface area contributed by atoms with Crippen molar-refractivity contribution in [2.45, 2.75) is 13.8 Å². The van der Waals surface area contributed by atoms with Crippen molar-refractivity contribution < 1.29 is 14.3 Å². The summed E-state index contributed by atoms with van der Waals surface area (Å²) in [5.41, 5.74) is 3.57. The fourth-order valence-corrected chi connectivity index (χ4v) is 2.23. The lowest BCUT2D eigenvalue weighted by Crippen LogP contribution is -2.00. The third-order valence-corrected chi connectivity index (χ3v) is 3.53. The van der Waals surface area contributed by atoms with Crippen molar-refractivity contribution in [3.8, 4) is 11.5 Å². The molecule has 2 rings (SSSR count). The average molecular weight is 311 g/mol. The highest BCUT2D eigenvalue weighted by atomic mass is 16.5. The molecule has 0 aromatic heterocycles. The summed E-state index contributed by atoms with van der Waals surface area (Å²) in [5, 5.41) is 3.07. The highest BCUT2D eigenvalue weighted by Gasteiger charge is 2.06. The van der Waals surface area contributed by atoms with Gasteiger partial charge in [-0.15, -0.1) is 0 Å². The van der Waals surface area contributed by atoms with Gasteiger partial charge in [-0.05, 0) is 37.6 Å². The Morgan fingerprint density at radius 3 is 2.43 bits per heavy atom. The number of methoxy groups -OCH3 is 2. The van der Waals surface area contributed by atoms with E-state index in [0.29, 0.717) is 11.5 Å². The van der Waals surface area contributed by atoms with Crippen molar-refractivity contribution in [1.82, 2.24) is 0 Å². The zero-order valence-electron chi connectivity index (χ0n) is 13.8. The maximum Gasteiger partial charge on any atom is 0.187 e. The normalized spacial score (nSPS) is 10.6. The molecule has 0 aliphatic carbocycles. The predicted molar refractivity (Wildman–Crippen MR) is 92.6 cm³/mol. The Bertz CT molecular complexity index is 735. The van der Waals surface area contributed by atoms with Gasteiger partial charge < -0.3 is 14.8 Å². The molecule has 0 bridgehead atoms. The number of nitrogens with one attached hydrogen (secondary N) is 1. The second-order valence-corrected chi connectivity index (χ2v) is 5.23. The van der Waals surface area contributed by atoms with E-state index in [4.69, 9.17) is 9.47 Å². The summed E-state index contributed by atoms with van der Waals surface area (Å²) in [6.45, 7) is 3.91. The molecular weight excluding hydrogens is 290 g/mol. The molecule has 0 heterocycles. The molecule has 1 N–H and O–H groups in total. The Balaban J connectivity index is 2.09. The van der Waals surface area contributed by atoms with Gasteiger partial charge in [-0.25, -0.2) is 0 Å². The highest BCUT2D eigenvalue weighted by molar-refractivity contribution is 6.05. The van der Waals surface area contributed by atoms with E-state index in [-0.39, 0.29) is 5.78 Å². The van der Waals surface area contributed by atoms with E-state index in [0.717, 1.165) is 22.4 Å². The van der Waals surface area contributed by atoms with Crippen LogP contribution in [0.3, 0.4) is 0 Å². The number of hydrogen-bond acceptors (Lipinski definition) is 4. The molecule has 0 spiro atoms. The van der Waals surface area contributed by atoms with E-state index in [2.05, 4.69) is 5.32 Å². The number of carbonyl (C=O) groups is 1. The van der Waals surface area contributed by atoms with Crippen molar-refractivity contribution in [1.29, 1.82) is 0 Å². The minimum absolute atomic E-state index is 0.0285. The number of aryl methyl sites for hydroxylation is 2. The Morgan fingerprint density at radius 1 is 1.00 bits per heavy atom. The van der Waals surface area contributed by atoms with Gasteiger partial charge >= 0.3 is 0 Å². The number of anilines is 1. The van der Waals surface area contributed by atoms with Gasteiger partial charge in [-0.3, -0.25) is 4.79 Å². The van der Waals surface area contributed by atoms with Crippen molar-refractivity contribution in [2.75, 3.05) is 19.5 Å². The second kappa shape index (κ2) is 7.49. The molecule has 120 valence electrons. The molecule has 0 unspecified atom stereocenters. The van der Waals surface area contributed by atoms with Crippen molar-refractivity contribution in [2.24, 2.45) is 0 Å². The maximum atomic E-state index is 12.3. The lowest BCUT2D eigenvalue weighted by molar-refractivity contribution is 0.104. The Kier molecular flexibility index (Phi) is 5.41. The number of carbonyl (C=O) groups excluding carboxylic acids is 1. The SMILES string of the molecule is COc1ccc(N/C=C/C(=O)c2cc(C)ccc2C)cc1OC. The quantitative estimate of drug-likeness (QED) is 0.643. The van der Waals surface area contributed by atoms with Crippen molar-refractivity contribution >= 4 is 11.5 Å². The van der Waals surface area contributed by atoms with Gasteiger partial charge in [0, 0.05) is 29.6 Å². The van der Waals surface area contributed by atoms with Crippen LogP contribution in [0.4, 0.5) is 5.69 Å². The van der Waals surface area contributed by atoms with Crippen LogP contribution in [0.25, 0.3) is 0 Å². The van der Waals surface area contributed by atoms with Crippen LogP contribution in [0.15, 0.2) is 48.7 Å². The minimum Gasteiger partial charge on any atom is -0.493 e. The summed E-state index contributed by atoms with van der Waals surface area (Å²) in [7, 11) is 3.18. The molecule has 2 aromatic carbocycles. The number of allylic oxidation sites excluding steroid dienone is 1. The van der Waals surface area contributed by atoms with Gasteiger partial charge in [0.05, 0.1) is 14.2 Å². The molecule has 0 atom stereocenters. The van der Waals surface area contributed by atoms with Crippen LogP contribution >= 0.6 is 0 Å². The maximum absolute atomic E-state index is 12.3. The Hall–Kier alpha value is -2.75. The first-order valence-corrected chi connectivity index (χ1v) is 7.32. The summed E-state index contributed by atoms with van der Waals surface area (Å²) in [6, 6.07) is 11.3. The fourth-order valence-electron chi connectivity index (χ4n) is 2.23. The van der Waals surface area contributed by atoms with E-state index in [9.17, 15) is 4.79 Å². The zero-order valence-corrected chi connectivity index (χ0v) is 13.8. The van der Waals surface area contributed by atoms with Gasteiger partial charge in [0.15, 0.2) is 17.3 Å². The number of ether oxygens (including phenoxy) is 2. The van der Waals surface area contributed by atoms with Crippen LogP contribution < -0.4 is 14.8 Å². The van der Waals surface area contributed by atoms with Crippen LogP contribution in [0.2, 0.25) is 0 Å². The first kappa shape index (κ1) is 16.6. The molecule has 4 nitrogen and oxygen atoms in total. The lowest BCUT2D eigenvalue weighted by atomic mass is 10.0. The van der Waals surface area contributed by atoms with E-state index < -0.39 is 0 Å². The van der Waals surface area contributed by atoms with Crippen molar-refractivity contribution in [3.05, 3.63) is 65.4 Å². The minimum atomic E-state index is -0.0285. The summed E-state index contributed by atoms with van der Waals surface area (Å²) in [5.74, 6) is 1.26. The molecule has 0 saturated heterocycles. The standard InChI is InChI=1S/C19H21NO3/c1-13-5-6-14(2)16(11-13)17(21)9-10-20-15-7-8-18(22-3)19(12-15)23-4/h5-12,20H,1-4H3/b10-9+. The third kappa shape index (κ3) is 4.13. The topological polar surface area (TPSA) is 47.6 Å². The van der Waals surface area contributed by atoms with Crippen LogP contribution in [0, 0.1) is 13.8 Å². The monoisotopic (exact) mass is 311 g/mol. The van der Waals surface area contributed by atoms with E-state index in [1.54, 1.807) is 20.4 Å². The van der Waals surface area contributed by atoms with Crippen LogP contribution in [-0.2, 0) is 0 Å². The summed E-state index contributed by atoms with van der Waals surface area (Å²) >= 11 is 0.